The van der Waals surface area contributed by atoms with Gasteiger partial charge in [-0.15, -0.1) is 0 Å². The summed E-state index contributed by atoms with van der Waals surface area (Å²) in [5.74, 6) is -10.1. The zero-order valence-corrected chi connectivity index (χ0v) is 21.3. The SMILES string of the molecule is Oc1ccc(-c2c3nc(cc4ccc([nH]4)c(-c4c(F)c(F)c(F)c(F)c4F)c4nc(cc5ccc2[nH]5)C=C4)C=C3)cc1. The van der Waals surface area contributed by atoms with Crippen molar-refractivity contribution in [1.29, 1.82) is 0 Å². The van der Waals surface area contributed by atoms with Gasteiger partial charge >= 0.3 is 0 Å². The number of H-pyrrole nitrogens is 2. The number of nitrogens with one attached hydrogen (secondary N) is 2. The van der Waals surface area contributed by atoms with Gasteiger partial charge in [0.15, 0.2) is 23.3 Å². The summed E-state index contributed by atoms with van der Waals surface area (Å²) in [4.78, 5) is 15.5. The van der Waals surface area contributed by atoms with Crippen LogP contribution in [0.3, 0.4) is 0 Å². The number of aromatic amines is 2. The molecule has 0 saturated heterocycles. The highest BCUT2D eigenvalue weighted by Crippen LogP contribution is 2.37. The summed E-state index contributed by atoms with van der Waals surface area (Å²) in [6, 6.07) is 16.8. The van der Waals surface area contributed by atoms with Gasteiger partial charge in [-0.2, -0.15) is 0 Å². The fourth-order valence-corrected chi connectivity index (χ4v) is 5.09. The Morgan fingerprint density at radius 3 is 1.52 bits per heavy atom. The number of aromatic hydroxyl groups is 1. The van der Waals surface area contributed by atoms with Gasteiger partial charge in [-0.3, -0.25) is 0 Å². The summed E-state index contributed by atoms with van der Waals surface area (Å²) in [6.45, 7) is 0. The van der Waals surface area contributed by atoms with Gasteiger partial charge in [-0.1, -0.05) is 12.1 Å². The Hall–Kier alpha value is -5.51. The second-order valence-corrected chi connectivity index (χ2v) is 9.70. The molecule has 2 aliphatic rings. The first-order valence-corrected chi connectivity index (χ1v) is 12.7. The molecule has 0 atom stereocenters. The van der Waals surface area contributed by atoms with Crippen molar-refractivity contribution in [2.24, 2.45) is 0 Å². The van der Waals surface area contributed by atoms with Crippen LogP contribution in [-0.4, -0.2) is 25.0 Å². The normalized spacial score (nSPS) is 12.3. The lowest BCUT2D eigenvalue weighted by Crippen LogP contribution is -2.05. The van der Waals surface area contributed by atoms with E-state index in [4.69, 9.17) is 4.98 Å². The maximum atomic E-state index is 15.1. The first kappa shape index (κ1) is 25.5. The third-order valence-corrected chi connectivity index (χ3v) is 7.01. The van der Waals surface area contributed by atoms with Crippen LogP contribution in [0.5, 0.6) is 5.75 Å². The molecule has 2 aromatic carbocycles. The lowest BCUT2D eigenvalue weighted by atomic mass is 10.0. The lowest BCUT2D eigenvalue weighted by molar-refractivity contribution is 0.381. The number of nitrogens with zero attached hydrogens (tertiary/aromatic N) is 2. The van der Waals surface area contributed by atoms with E-state index in [2.05, 4.69) is 15.0 Å². The van der Waals surface area contributed by atoms with Crippen molar-refractivity contribution in [2.45, 2.75) is 0 Å². The number of halogens is 5. The molecule has 3 N–H and O–H groups in total. The smallest absolute Gasteiger partial charge is 0.200 e. The van der Waals surface area contributed by atoms with Crippen molar-refractivity contribution in [3.8, 4) is 28.0 Å². The number of aromatic nitrogens is 4. The Morgan fingerprint density at radius 2 is 0.976 bits per heavy atom. The average Bonchev–Trinajstić information content (AvgIpc) is 3.80. The highest BCUT2D eigenvalue weighted by Gasteiger charge is 2.29. The highest BCUT2D eigenvalue weighted by molar-refractivity contribution is 5.93. The fraction of sp³-hybridized carbons (Fsp3) is 0. The zero-order chi connectivity index (χ0) is 29.1. The van der Waals surface area contributed by atoms with Crippen LogP contribution in [0.1, 0.15) is 22.8 Å². The molecule has 0 saturated carbocycles. The predicted octanol–water partition coefficient (Wildman–Crippen LogP) is 8.39. The van der Waals surface area contributed by atoms with Crippen LogP contribution in [-0.2, 0) is 0 Å². The summed E-state index contributed by atoms with van der Waals surface area (Å²) in [5.41, 5.74) is 3.70. The maximum Gasteiger partial charge on any atom is 0.200 e. The molecule has 0 aliphatic carbocycles. The predicted molar refractivity (Wildman–Crippen MR) is 151 cm³/mol. The number of rotatable bonds is 2. The molecule has 10 heteroatoms. The first-order valence-electron chi connectivity index (χ1n) is 12.7. The van der Waals surface area contributed by atoms with E-state index in [1.165, 1.54) is 12.1 Å². The van der Waals surface area contributed by atoms with Gasteiger partial charge in [0.1, 0.15) is 5.75 Å². The lowest BCUT2D eigenvalue weighted by Gasteiger charge is -2.09. The first-order chi connectivity index (χ1) is 20.3. The molecule has 0 radical (unpaired) electrons. The third-order valence-electron chi connectivity index (χ3n) is 7.01. The van der Waals surface area contributed by atoms with Crippen LogP contribution in [0.2, 0.25) is 0 Å². The minimum absolute atomic E-state index is 0.00167. The Bertz CT molecular complexity index is 2130. The largest absolute Gasteiger partial charge is 0.508 e. The summed E-state index contributed by atoms with van der Waals surface area (Å²) in [5, 5.41) is 9.81. The van der Waals surface area contributed by atoms with E-state index in [-0.39, 0.29) is 22.5 Å². The van der Waals surface area contributed by atoms with Gasteiger partial charge in [0, 0.05) is 33.2 Å². The van der Waals surface area contributed by atoms with Gasteiger partial charge in [0.25, 0.3) is 0 Å². The van der Waals surface area contributed by atoms with Crippen molar-refractivity contribution in [2.75, 3.05) is 0 Å². The van der Waals surface area contributed by atoms with E-state index in [1.807, 2.05) is 18.2 Å². The van der Waals surface area contributed by atoms with Crippen molar-refractivity contribution < 1.29 is 27.1 Å². The van der Waals surface area contributed by atoms with Crippen LogP contribution in [0.15, 0.2) is 60.7 Å². The number of phenolic OH excluding ortho intramolecular Hbond substituents is 1. The Balaban J connectivity index is 1.59. The molecular formula is C32H17F5N4O. The summed E-state index contributed by atoms with van der Waals surface area (Å²) in [7, 11) is 0. The summed E-state index contributed by atoms with van der Waals surface area (Å²) >= 11 is 0. The van der Waals surface area contributed by atoms with E-state index >= 15 is 8.78 Å². The molecule has 0 amide bonds. The number of benzene rings is 2. The number of fused-ring (bicyclic) bond motifs is 8. The standard InChI is InChI=1S/C32H17F5N4O/c33-28-27(29(34)31(36)32(37)30(28)35)26-23-11-5-18(40-23)13-16-3-9-21(38-16)25(15-1-7-20(42)8-2-15)22-10-4-17(39-22)14-19-6-12-24(26)41-19/h1-14,38,41-42H. The minimum atomic E-state index is -2.24. The van der Waals surface area contributed by atoms with Crippen molar-refractivity contribution in [3.63, 3.8) is 0 Å². The van der Waals surface area contributed by atoms with E-state index < -0.39 is 34.6 Å². The van der Waals surface area contributed by atoms with Crippen LogP contribution in [0.4, 0.5) is 22.0 Å². The molecule has 5 nitrogen and oxygen atoms in total. The second kappa shape index (κ2) is 9.55. The van der Waals surface area contributed by atoms with Gasteiger partial charge in [0.2, 0.25) is 5.82 Å². The van der Waals surface area contributed by atoms with Gasteiger partial charge in [0.05, 0.1) is 28.3 Å². The molecule has 3 aromatic heterocycles. The van der Waals surface area contributed by atoms with Gasteiger partial charge in [-0.05, 0) is 78.4 Å². The maximum absolute atomic E-state index is 15.1. The van der Waals surface area contributed by atoms with Crippen molar-refractivity contribution in [3.05, 3.63) is 113 Å². The number of hydrogen-bond donors (Lipinski definition) is 3. The van der Waals surface area contributed by atoms with Crippen molar-refractivity contribution >= 4 is 46.4 Å². The topological polar surface area (TPSA) is 77.6 Å². The zero-order valence-electron chi connectivity index (χ0n) is 21.3. The van der Waals surface area contributed by atoms with E-state index in [0.29, 0.717) is 28.1 Å². The molecular weight excluding hydrogens is 551 g/mol. The molecule has 0 fully saturated rings. The molecule has 8 bridgehead atoms. The van der Waals surface area contributed by atoms with E-state index in [0.717, 1.165) is 16.6 Å². The van der Waals surface area contributed by atoms with Crippen LogP contribution >= 0.6 is 0 Å². The quantitative estimate of drug-likeness (QED) is 0.111. The number of phenols is 1. The Morgan fingerprint density at radius 1 is 0.500 bits per heavy atom. The Labute approximate surface area is 234 Å². The van der Waals surface area contributed by atoms with E-state index in [9.17, 15) is 18.3 Å². The molecule has 7 rings (SSSR count). The van der Waals surface area contributed by atoms with Crippen LogP contribution < -0.4 is 0 Å². The second-order valence-electron chi connectivity index (χ2n) is 9.70. The van der Waals surface area contributed by atoms with Gasteiger partial charge < -0.3 is 15.1 Å². The average molecular weight is 569 g/mol. The molecule has 206 valence electrons. The van der Waals surface area contributed by atoms with E-state index in [1.54, 1.807) is 54.6 Å². The molecule has 5 aromatic rings. The van der Waals surface area contributed by atoms with Gasteiger partial charge in [-0.25, -0.2) is 31.9 Å². The highest BCUT2D eigenvalue weighted by atomic mass is 19.2. The monoisotopic (exact) mass is 568 g/mol. The summed E-state index contributed by atoms with van der Waals surface area (Å²) in [6.07, 6.45) is 6.63. The third kappa shape index (κ3) is 4.15. The van der Waals surface area contributed by atoms with Crippen LogP contribution in [0.25, 0.3) is 68.6 Å². The summed E-state index contributed by atoms with van der Waals surface area (Å²) < 4.78 is 72.6. The van der Waals surface area contributed by atoms with Crippen LogP contribution in [0, 0.1) is 29.1 Å². The molecule has 2 aliphatic heterocycles. The molecule has 5 heterocycles. The Kier molecular flexibility index (Phi) is 5.79. The fourth-order valence-electron chi connectivity index (χ4n) is 5.09. The molecule has 0 unspecified atom stereocenters. The molecule has 42 heavy (non-hydrogen) atoms. The minimum Gasteiger partial charge on any atom is -0.508 e. The number of hydrogen-bond acceptors (Lipinski definition) is 3. The molecule has 0 spiro atoms. The van der Waals surface area contributed by atoms with Crippen molar-refractivity contribution in [1.82, 2.24) is 19.9 Å².